The molecule has 2 amide bonds. The molecule has 5 rings (SSSR count). The Morgan fingerprint density at radius 3 is 2.43 bits per heavy atom. The lowest BCUT2D eigenvalue weighted by molar-refractivity contribution is -0.140. The normalized spacial score (nSPS) is 20.6. The van der Waals surface area contributed by atoms with E-state index < -0.39 is 5.41 Å². The van der Waals surface area contributed by atoms with Gasteiger partial charge in [0.1, 0.15) is 5.75 Å². The second-order valence-corrected chi connectivity index (χ2v) is 8.16. The first-order valence-electron chi connectivity index (χ1n) is 10.3. The predicted octanol–water partition coefficient (Wildman–Crippen LogP) is 0.874. The first kappa shape index (κ1) is 19.0. The van der Waals surface area contributed by atoms with Crippen molar-refractivity contribution in [2.75, 3.05) is 46.5 Å². The van der Waals surface area contributed by atoms with Crippen LogP contribution in [0.15, 0.2) is 30.5 Å². The van der Waals surface area contributed by atoms with Gasteiger partial charge in [0.15, 0.2) is 5.69 Å². The fraction of sp³-hybridized carbons (Fsp3) is 0.524. The zero-order chi connectivity index (χ0) is 20.7. The van der Waals surface area contributed by atoms with Crippen molar-refractivity contribution < 1.29 is 19.1 Å². The third-order valence-electron chi connectivity index (χ3n) is 6.35. The molecule has 2 aliphatic heterocycles. The van der Waals surface area contributed by atoms with Crippen molar-refractivity contribution >= 4 is 11.8 Å². The number of amides is 2. The molecule has 2 aromatic rings. The van der Waals surface area contributed by atoms with E-state index in [1.54, 1.807) is 22.9 Å². The quantitative estimate of drug-likeness (QED) is 0.726. The number of methoxy groups -OCH3 is 1. The van der Waals surface area contributed by atoms with Crippen molar-refractivity contribution in [1.29, 1.82) is 0 Å². The van der Waals surface area contributed by atoms with Crippen LogP contribution in [0.2, 0.25) is 0 Å². The molecule has 2 saturated heterocycles. The van der Waals surface area contributed by atoms with Crippen LogP contribution in [0.25, 0.3) is 0 Å². The Bertz CT molecular complexity index is 941. The molecule has 0 spiro atoms. The molecule has 0 radical (unpaired) electrons. The Morgan fingerprint density at radius 1 is 1.10 bits per heavy atom. The summed E-state index contributed by atoms with van der Waals surface area (Å²) in [5, 5.41) is 8.19. The van der Waals surface area contributed by atoms with Crippen molar-refractivity contribution in [2.45, 2.75) is 24.3 Å². The highest BCUT2D eigenvalue weighted by atomic mass is 16.5. The van der Waals surface area contributed by atoms with Crippen LogP contribution in [0, 0.1) is 0 Å². The maximum Gasteiger partial charge on any atom is 0.276 e. The summed E-state index contributed by atoms with van der Waals surface area (Å²) < 4.78 is 12.2. The summed E-state index contributed by atoms with van der Waals surface area (Å²) in [7, 11) is 1.64. The molecule has 0 atom stereocenters. The van der Waals surface area contributed by atoms with Gasteiger partial charge in [-0.3, -0.25) is 9.59 Å². The largest absolute Gasteiger partial charge is 0.497 e. The van der Waals surface area contributed by atoms with E-state index in [9.17, 15) is 9.59 Å². The number of ether oxygens (including phenoxy) is 2. The third-order valence-corrected chi connectivity index (χ3v) is 6.35. The molecule has 1 aliphatic carbocycles. The van der Waals surface area contributed by atoms with E-state index >= 15 is 0 Å². The Balaban J connectivity index is 1.20. The summed E-state index contributed by atoms with van der Waals surface area (Å²) >= 11 is 0. The van der Waals surface area contributed by atoms with Gasteiger partial charge in [0, 0.05) is 26.2 Å². The second kappa shape index (κ2) is 7.39. The van der Waals surface area contributed by atoms with E-state index in [1.807, 2.05) is 29.2 Å². The number of hydrogen-bond donors (Lipinski definition) is 0. The number of rotatable bonds is 5. The molecule has 1 aromatic carbocycles. The number of likely N-dealkylation sites (tertiary alicyclic amines) is 1. The lowest BCUT2D eigenvalue weighted by Gasteiger charge is -2.41. The molecule has 0 bridgehead atoms. The summed E-state index contributed by atoms with van der Waals surface area (Å²) in [4.78, 5) is 29.3. The molecule has 3 fully saturated rings. The molecule has 1 aromatic heterocycles. The van der Waals surface area contributed by atoms with Crippen molar-refractivity contribution in [3.63, 3.8) is 0 Å². The number of nitrogens with zero attached hydrogens (tertiary/aromatic N) is 5. The van der Waals surface area contributed by atoms with Gasteiger partial charge in [-0.1, -0.05) is 17.3 Å². The number of hydrogen-bond acceptors (Lipinski definition) is 6. The van der Waals surface area contributed by atoms with Crippen molar-refractivity contribution in [3.8, 4) is 5.75 Å². The lowest BCUT2D eigenvalue weighted by Crippen LogP contribution is -2.54. The highest BCUT2D eigenvalue weighted by molar-refractivity contribution is 5.92. The van der Waals surface area contributed by atoms with E-state index in [4.69, 9.17) is 9.47 Å². The third kappa shape index (κ3) is 3.23. The van der Waals surface area contributed by atoms with E-state index in [-0.39, 0.29) is 17.9 Å². The van der Waals surface area contributed by atoms with Gasteiger partial charge in [-0.05, 0) is 30.5 Å². The number of aromatic nitrogens is 3. The molecule has 30 heavy (non-hydrogen) atoms. The van der Waals surface area contributed by atoms with Gasteiger partial charge in [-0.2, -0.15) is 0 Å². The summed E-state index contributed by atoms with van der Waals surface area (Å²) in [5.74, 6) is 0.849. The van der Waals surface area contributed by atoms with E-state index in [2.05, 4.69) is 10.3 Å². The first-order valence-corrected chi connectivity index (χ1v) is 10.3. The highest BCUT2D eigenvalue weighted by Gasteiger charge is 2.54. The molecule has 0 N–H and O–H groups in total. The lowest BCUT2D eigenvalue weighted by atomic mass is 9.92. The molecule has 158 valence electrons. The maximum atomic E-state index is 13.1. The van der Waals surface area contributed by atoms with Crippen LogP contribution in [0.3, 0.4) is 0 Å². The zero-order valence-corrected chi connectivity index (χ0v) is 17.0. The SMILES string of the molecule is COc1ccc(C2(C(=O)N3CC(n4cc(C(=O)N5CCOCC5)nn4)C3)CC2)cc1. The topological polar surface area (TPSA) is 89.8 Å². The molecule has 3 aliphatic rings. The van der Waals surface area contributed by atoms with E-state index in [1.165, 1.54) is 0 Å². The summed E-state index contributed by atoms with van der Waals surface area (Å²) in [6.45, 7) is 3.43. The standard InChI is InChI=1S/C21H25N5O4/c1-29-17-4-2-15(3-5-17)21(6-7-21)20(28)25-12-16(13-25)26-14-18(22-23-26)19(27)24-8-10-30-11-9-24/h2-5,14,16H,6-13H2,1H3. The average molecular weight is 411 g/mol. The van der Waals surface area contributed by atoms with Crippen molar-refractivity contribution in [2.24, 2.45) is 0 Å². The zero-order valence-electron chi connectivity index (χ0n) is 17.0. The molecular formula is C21H25N5O4. The van der Waals surface area contributed by atoms with E-state index in [0.29, 0.717) is 45.1 Å². The van der Waals surface area contributed by atoms with Gasteiger partial charge in [0.05, 0.1) is 38.0 Å². The van der Waals surface area contributed by atoms with Gasteiger partial charge in [-0.25, -0.2) is 4.68 Å². The van der Waals surface area contributed by atoms with Crippen LogP contribution >= 0.6 is 0 Å². The van der Waals surface area contributed by atoms with Crippen LogP contribution < -0.4 is 4.74 Å². The highest BCUT2D eigenvalue weighted by Crippen LogP contribution is 2.50. The molecule has 0 unspecified atom stereocenters. The van der Waals surface area contributed by atoms with Crippen LogP contribution in [0.5, 0.6) is 5.75 Å². The number of benzene rings is 1. The second-order valence-electron chi connectivity index (χ2n) is 8.16. The Hall–Kier alpha value is -2.94. The number of morpholine rings is 1. The van der Waals surface area contributed by atoms with Crippen LogP contribution in [0.1, 0.15) is 34.9 Å². The van der Waals surface area contributed by atoms with E-state index in [0.717, 1.165) is 24.2 Å². The van der Waals surface area contributed by atoms with Gasteiger partial charge in [0.2, 0.25) is 5.91 Å². The molecule has 1 saturated carbocycles. The fourth-order valence-corrected chi connectivity index (χ4v) is 4.23. The summed E-state index contributed by atoms with van der Waals surface area (Å²) in [6.07, 6.45) is 3.45. The molecule has 9 nitrogen and oxygen atoms in total. The Kier molecular flexibility index (Phi) is 4.69. The van der Waals surface area contributed by atoms with Gasteiger partial charge in [-0.15, -0.1) is 5.10 Å². The number of carbonyl (C=O) groups excluding carboxylic acids is 2. The molecule has 9 heteroatoms. The van der Waals surface area contributed by atoms with Gasteiger partial charge < -0.3 is 19.3 Å². The van der Waals surface area contributed by atoms with Crippen LogP contribution in [-0.2, 0) is 14.9 Å². The average Bonchev–Trinajstić information content (AvgIpc) is 3.44. The Morgan fingerprint density at radius 2 is 1.80 bits per heavy atom. The minimum atomic E-state index is -0.392. The van der Waals surface area contributed by atoms with Crippen molar-refractivity contribution in [3.05, 3.63) is 41.7 Å². The van der Waals surface area contributed by atoms with Crippen molar-refractivity contribution in [1.82, 2.24) is 24.8 Å². The smallest absolute Gasteiger partial charge is 0.276 e. The first-order chi connectivity index (χ1) is 14.6. The predicted molar refractivity (Wildman–Crippen MR) is 106 cm³/mol. The van der Waals surface area contributed by atoms with Gasteiger partial charge >= 0.3 is 0 Å². The monoisotopic (exact) mass is 411 g/mol. The minimum absolute atomic E-state index is 0.0550. The summed E-state index contributed by atoms with van der Waals surface area (Å²) in [6, 6.07) is 7.84. The summed E-state index contributed by atoms with van der Waals surface area (Å²) in [5.41, 5.74) is 1.01. The molecule has 3 heterocycles. The van der Waals surface area contributed by atoms with Gasteiger partial charge in [0.25, 0.3) is 5.91 Å². The fourth-order valence-electron chi connectivity index (χ4n) is 4.23. The minimum Gasteiger partial charge on any atom is -0.497 e. The number of carbonyl (C=O) groups is 2. The molecular weight excluding hydrogens is 386 g/mol. The Labute approximate surface area is 174 Å². The maximum absolute atomic E-state index is 13.1. The van der Waals surface area contributed by atoms with Crippen LogP contribution in [0.4, 0.5) is 0 Å². The van der Waals surface area contributed by atoms with Crippen LogP contribution in [-0.4, -0.2) is 83.1 Å².